The van der Waals surface area contributed by atoms with Crippen molar-refractivity contribution in [1.29, 1.82) is 0 Å². The number of thioether (sulfide) groups is 1. The van der Waals surface area contributed by atoms with Gasteiger partial charge in [-0.1, -0.05) is 26.0 Å². The summed E-state index contributed by atoms with van der Waals surface area (Å²) in [6.07, 6.45) is 0.391. The molecule has 20 heavy (non-hydrogen) atoms. The Bertz CT molecular complexity index is 476. The number of carbonyl (C=O) groups is 2. The van der Waals surface area contributed by atoms with E-state index in [-0.39, 0.29) is 23.3 Å². The summed E-state index contributed by atoms with van der Waals surface area (Å²) >= 11 is 1.17. The number of para-hydroxylation sites is 1. The molecule has 1 aromatic carbocycles. The van der Waals surface area contributed by atoms with Crippen LogP contribution >= 0.6 is 11.8 Å². The maximum absolute atomic E-state index is 11.7. The number of phenols is 1. The van der Waals surface area contributed by atoms with E-state index in [1.165, 1.54) is 11.8 Å². The minimum absolute atomic E-state index is 0.0689. The molecule has 1 atom stereocenters. The van der Waals surface area contributed by atoms with Gasteiger partial charge in [-0.05, 0) is 24.5 Å². The van der Waals surface area contributed by atoms with E-state index in [2.05, 4.69) is 5.32 Å². The van der Waals surface area contributed by atoms with Crippen LogP contribution in [0.25, 0.3) is 0 Å². The molecule has 6 heteroatoms. The van der Waals surface area contributed by atoms with Gasteiger partial charge in [0.1, 0.15) is 11.8 Å². The number of hydrogen-bond acceptors (Lipinski definition) is 4. The molecule has 0 aliphatic carbocycles. The Kier molecular flexibility index (Phi) is 6.38. The summed E-state index contributed by atoms with van der Waals surface area (Å²) in [6.45, 7) is 3.80. The normalized spacial score (nSPS) is 12.2. The number of rotatable bonds is 7. The molecule has 0 saturated heterocycles. The number of amides is 1. The van der Waals surface area contributed by atoms with E-state index in [1.807, 2.05) is 13.8 Å². The molecule has 3 N–H and O–H groups in total. The largest absolute Gasteiger partial charge is 0.507 e. The van der Waals surface area contributed by atoms with Crippen molar-refractivity contribution in [3.8, 4) is 5.75 Å². The van der Waals surface area contributed by atoms with Crippen LogP contribution in [-0.2, 0) is 9.59 Å². The van der Waals surface area contributed by atoms with Gasteiger partial charge in [0.15, 0.2) is 0 Å². The Morgan fingerprint density at radius 2 is 1.95 bits per heavy atom. The highest BCUT2D eigenvalue weighted by atomic mass is 32.2. The molecule has 110 valence electrons. The maximum Gasteiger partial charge on any atom is 0.326 e. The first-order valence-electron chi connectivity index (χ1n) is 6.33. The van der Waals surface area contributed by atoms with E-state index in [0.29, 0.717) is 11.3 Å². The molecule has 0 heterocycles. The molecule has 1 amide bonds. The standard InChI is InChI=1S/C14H19NO4S/c1-9(2)7-10(14(18)19)15-13(17)8-20-12-6-4-3-5-11(12)16/h3-6,9-10,16H,7-8H2,1-2H3,(H,15,17)(H,18,19)/t10-/m0/s1. The Morgan fingerprint density at radius 3 is 2.50 bits per heavy atom. The van der Waals surface area contributed by atoms with E-state index in [4.69, 9.17) is 5.11 Å². The van der Waals surface area contributed by atoms with Crippen LogP contribution in [0.2, 0.25) is 0 Å². The highest BCUT2D eigenvalue weighted by molar-refractivity contribution is 8.00. The second kappa shape index (κ2) is 7.79. The molecule has 0 radical (unpaired) electrons. The summed E-state index contributed by atoms with van der Waals surface area (Å²) in [4.78, 5) is 23.4. The van der Waals surface area contributed by atoms with E-state index in [0.717, 1.165) is 0 Å². The molecule has 1 aromatic rings. The fraction of sp³-hybridized carbons (Fsp3) is 0.429. The van der Waals surface area contributed by atoms with Crippen LogP contribution in [0.5, 0.6) is 5.75 Å². The van der Waals surface area contributed by atoms with Crippen LogP contribution in [0.4, 0.5) is 0 Å². The van der Waals surface area contributed by atoms with Crippen LogP contribution in [0.15, 0.2) is 29.2 Å². The Balaban J connectivity index is 2.50. The van der Waals surface area contributed by atoms with Crippen LogP contribution in [0.3, 0.4) is 0 Å². The van der Waals surface area contributed by atoms with Gasteiger partial charge in [-0.2, -0.15) is 0 Å². The second-order valence-electron chi connectivity index (χ2n) is 4.84. The summed E-state index contributed by atoms with van der Waals surface area (Å²) in [6, 6.07) is 5.84. The Labute approximate surface area is 122 Å². The number of aromatic hydroxyl groups is 1. The summed E-state index contributed by atoms with van der Waals surface area (Å²) in [5.74, 6) is -1.02. The predicted octanol–water partition coefficient (Wildman–Crippen LogP) is 2.10. The fourth-order valence-corrected chi connectivity index (χ4v) is 2.41. The third kappa shape index (κ3) is 5.52. The van der Waals surface area contributed by atoms with E-state index >= 15 is 0 Å². The third-order valence-corrected chi connectivity index (χ3v) is 3.63. The van der Waals surface area contributed by atoms with Gasteiger partial charge < -0.3 is 15.5 Å². The van der Waals surface area contributed by atoms with Crippen LogP contribution in [0, 0.1) is 5.92 Å². The number of carboxylic acids is 1. The van der Waals surface area contributed by atoms with E-state index in [1.54, 1.807) is 24.3 Å². The van der Waals surface area contributed by atoms with E-state index < -0.39 is 12.0 Å². The van der Waals surface area contributed by atoms with Crippen LogP contribution in [0.1, 0.15) is 20.3 Å². The van der Waals surface area contributed by atoms with Crippen molar-refractivity contribution in [3.63, 3.8) is 0 Å². The number of phenolic OH excluding ortho intramolecular Hbond substituents is 1. The van der Waals surface area contributed by atoms with E-state index in [9.17, 15) is 14.7 Å². The molecule has 5 nitrogen and oxygen atoms in total. The molecular weight excluding hydrogens is 278 g/mol. The Morgan fingerprint density at radius 1 is 1.30 bits per heavy atom. The number of nitrogens with one attached hydrogen (secondary N) is 1. The van der Waals surface area contributed by atoms with Crippen molar-refractivity contribution < 1.29 is 19.8 Å². The fourth-order valence-electron chi connectivity index (χ4n) is 1.65. The van der Waals surface area contributed by atoms with Gasteiger partial charge in [-0.15, -0.1) is 11.8 Å². The highest BCUT2D eigenvalue weighted by Gasteiger charge is 2.21. The summed E-state index contributed by atoms with van der Waals surface area (Å²) in [5.41, 5.74) is 0. The zero-order valence-electron chi connectivity index (χ0n) is 11.5. The van der Waals surface area contributed by atoms with Crippen molar-refractivity contribution in [2.45, 2.75) is 31.2 Å². The lowest BCUT2D eigenvalue weighted by molar-refractivity contribution is -0.141. The van der Waals surface area contributed by atoms with Gasteiger partial charge in [0.2, 0.25) is 5.91 Å². The smallest absolute Gasteiger partial charge is 0.326 e. The first-order valence-corrected chi connectivity index (χ1v) is 7.31. The first kappa shape index (κ1) is 16.4. The van der Waals surface area contributed by atoms with Crippen LogP contribution in [-0.4, -0.2) is 33.9 Å². The average Bonchev–Trinajstić information content (AvgIpc) is 2.36. The lowest BCUT2D eigenvalue weighted by Crippen LogP contribution is -2.42. The van der Waals surface area contributed by atoms with Crippen molar-refractivity contribution in [2.24, 2.45) is 5.92 Å². The highest BCUT2D eigenvalue weighted by Crippen LogP contribution is 2.27. The van der Waals surface area contributed by atoms with Crippen molar-refractivity contribution >= 4 is 23.6 Å². The van der Waals surface area contributed by atoms with Crippen LogP contribution < -0.4 is 5.32 Å². The molecule has 1 rings (SSSR count). The summed E-state index contributed by atoms with van der Waals surface area (Å²) in [7, 11) is 0. The number of carboxylic acid groups (broad SMARTS) is 1. The van der Waals surface area contributed by atoms with Gasteiger partial charge in [-0.25, -0.2) is 4.79 Å². The first-order chi connectivity index (χ1) is 9.40. The monoisotopic (exact) mass is 297 g/mol. The van der Waals surface area contributed by atoms with Crippen molar-refractivity contribution in [3.05, 3.63) is 24.3 Å². The quantitative estimate of drug-likeness (QED) is 0.671. The Hall–Kier alpha value is -1.69. The zero-order valence-corrected chi connectivity index (χ0v) is 12.3. The number of carbonyl (C=O) groups excluding carboxylic acids is 1. The van der Waals surface area contributed by atoms with Crippen molar-refractivity contribution in [1.82, 2.24) is 5.32 Å². The van der Waals surface area contributed by atoms with Gasteiger partial charge in [-0.3, -0.25) is 4.79 Å². The van der Waals surface area contributed by atoms with Gasteiger partial charge in [0, 0.05) is 4.90 Å². The minimum atomic E-state index is -1.03. The molecule has 0 aliphatic heterocycles. The maximum atomic E-state index is 11.7. The topological polar surface area (TPSA) is 86.6 Å². The average molecular weight is 297 g/mol. The number of aliphatic carboxylic acids is 1. The molecule has 0 fully saturated rings. The molecule has 0 aliphatic rings. The zero-order chi connectivity index (χ0) is 15.1. The lowest BCUT2D eigenvalue weighted by Gasteiger charge is -2.16. The molecule has 0 saturated carbocycles. The third-order valence-electron chi connectivity index (χ3n) is 2.56. The molecular formula is C14H19NO4S. The molecule has 0 aromatic heterocycles. The molecule has 0 spiro atoms. The second-order valence-corrected chi connectivity index (χ2v) is 5.86. The number of benzene rings is 1. The summed E-state index contributed by atoms with van der Waals surface area (Å²) < 4.78 is 0. The lowest BCUT2D eigenvalue weighted by atomic mass is 10.0. The molecule has 0 unspecified atom stereocenters. The van der Waals surface area contributed by atoms with Gasteiger partial charge in [0.05, 0.1) is 5.75 Å². The van der Waals surface area contributed by atoms with Crippen molar-refractivity contribution in [2.75, 3.05) is 5.75 Å². The van der Waals surface area contributed by atoms with Gasteiger partial charge >= 0.3 is 5.97 Å². The SMILES string of the molecule is CC(C)C[C@H](NC(=O)CSc1ccccc1O)C(=O)O. The van der Waals surface area contributed by atoms with Gasteiger partial charge in [0.25, 0.3) is 0 Å². The predicted molar refractivity (Wildman–Crippen MR) is 77.9 cm³/mol. The minimum Gasteiger partial charge on any atom is -0.507 e. The molecule has 0 bridgehead atoms. The number of hydrogen-bond donors (Lipinski definition) is 3. The summed E-state index contributed by atoms with van der Waals surface area (Å²) in [5, 5.41) is 21.1.